The fraction of sp³-hybridized carbons (Fsp3) is 0.227. The van der Waals surface area contributed by atoms with E-state index in [-0.39, 0.29) is 19.0 Å². The molecule has 0 aliphatic rings. The van der Waals surface area contributed by atoms with Crippen LogP contribution in [0.4, 0.5) is 0 Å². The summed E-state index contributed by atoms with van der Waals surface area (Å²) in [6.07, 6.45) is 1.47. The summed E-state index contributed by atoms with van der Waals surface area (Å²) in [7, 11) is 0. The maximum atomic E-state index is 12.2. The molecule has 0 bridgehead atoms. The lowest BCUT2D eigenvalue weighted by Gasteiger charge is -2.12. The number of nitrogens with one attached hydrogen (secondary N) is 1. The minimum Gasteiger partial charge on any atom is -0.490 e. The zero-order chi connectivity index (χ0) is 21.3. The van der Waals surface area contributed by atoms with Gasteiger partial charge in [-0.3, -0.25) is 4.79 Å². The molecule has 1 N–H and O–H groups in total. The maximum absolute atomic E-state index is 12.2. The van der Waals surface area contributed by atoms with E-state index < -0.39 is 11.9 Å². The molecule has 0 spiro atoms. The Morgan fingerprint density at radius 1 is 1.03 bits per heavy atom. The lowest BCUT2D eigenvalue weighted by atomic mass is 10.2. The Kier molecular flexibility index (Phi) is 7.05. The second-order valence-electron chi connectivity index (χ2n) is 6.08. The molecule has 3 rings (SSSR count). The smallest absolute Gasteiger partial charge is 0.344 e. The van der Waals surface area contributed by atoms with Crippen LogP contribution in [0.15, 0.2) is 58.0 Å². The normalized spacial score (nSPS) is 10.9. The van der Waals surface area contributed by atoms with Gasteiger partial charge in [-0.25, -0.2) is 10.2 Å². The van der Waals surface area contributed by atoms with Crippen molar-refractivity contribution < 1.29 is 28.2 Å². The maximum Gasteiger partial charge on any atom is 0.344 e. The van der Waals surface area contributed by atoms with Crippen molar-refractivity contribution in [1.29, 1.82) is 0 Å². The molecule has 0 atom stereocenters. The molecular formula is C22H22N2O6. The second kappa shape index (κ2) is 10.1. The largest absolute Gasteiger partial charge is 0.490 e. The van der Waals surface area contributed by atoms with Gasteiger partial charge < -0.3 is 18.6 Å². The Morgan fingerprint density at radius 2 is 1.87 bits per heavy atom. The number of benzene rings is 2. The van der Waals surface area contributed by atoms with E-state index in [1.165, 1.54) is 6.21 Å². The molecule has 1 amide bonds. The first-order chi connectivity index (χ1) is 14.6. The lowest BCUT2D eigenvalue weighted by Crippen LogP contribution is -2.16. The quantitative estimate of drug-likeness (QED) is 0.329. The summed E-state index contributed by atoms with van der Waals surface area (Å²) >= 11 is 0. The van der Waals surface area contributed by atoms with E-state index in [4.69, 9.17) is 18.6 Å². The van der Waals surface area contributed by atoms with Crippen molar-refractivity contribution in [3.05, 3.63) is 59.9 Å². The number of hydrogen-bond acceptors (Lipinski definition) is 7. The van der Waals surface area contributed by atoms with Gasteiger partial charge in [-0.05, 0) is 49.7 Å². The van der Waals surface area contributed by atoms with Gasteiger partial charge in [-0.1, -0.05) is 18.2 Å². The highest BCUT2D eigenvalue weighted by Crippen LogP contribution is 2.28. The standard InChI is InChI=1S/C22H22N2O6/c1-3-27-19-11-15(9-10-18(19)29-14-21(25)28-4-2)13-23-24-22(26)20-12-16-7-5-6-8-17(16)30-20/h5-13H,3-4,14H2,1-2H3,(H,24,26)/b23-13+. The average molecular weight is 410 g/mol. The molecule has 8 heteroatoms. The molecular weight excluding hydrogens is 388 g/mol. The van der Waals surface area contributed by atoms with Crippen LogP contribution < -0.4 is 14.9 Å². The Balaban J connectivity index is 1.64. The van der Waals surface area contributed by atoms with Crippen LogP contribution in [0.1, 0.15) is 30.0 Å². The molecule has 1 heterocycles. The fourth-order valence-electron chi connectivity index (χ4n) is 2.65. The van der Waals surface area contributed by atoms with Crippen LogP contribution in [0.3, 0.4) is 0 Å². The first kappa shape index (κ1) is 20.9. The van der Waals surface area contributed by atoms with Crippen LogP contribution in [0.25, 0.3) is 11.0 Å². The molecule has 156 valence electrons. The number of amides is 1. The van der Waals surface area contributed by atoms with Crippen molar-refractivity contribution >= 4 is 29.1 Å². The van der Waals surface area contributed by atoms with E-state index in [0.29, 0.717) is 29.3 Å². The van der Waals surface area contributed by atoms with Gasteiger partial charge in [0.15, 0.2) is 23.9 Å². The predicted octanol–water partition coefficient (Wildman–Crippen LogP) is 3.54. The van der Waals surface area contributed by atoms with Gasteiger partial charge in [0.05, 0.1) is 19.4 Å². The highest BCUT2D eigenvalue weighted by molar-refractivity contribution is 5.96. The third-order valence-corrected chi connectivity index (χ3v) is 3.95. The molecule has 0 aliphatic heterocycles. The van der Waals surface area contributed by atoms with E-state index >= 15 is 0 Å². The van der Waals surface area contributed by atoms with E-state index in [9.17, 15) is 9.59 Å². The van der Waals surface area contributed by atoms with Crippen LogP contribution in [0.2, 0.25) is 0 Å². The number of para-hydroxylation sites is 1. The van der Waals surface area contributed by atoms with Crippen LogP contribution in [-0.4, -0.2) is 37.9 Å². The number of hydrogen-bond donors (Lipinski definition) is 1. The van der Waals surface area contributed by atoms with Gasteiger partial charge in [0.2, 0.25) is 0 Å². The van der Waals surface area contributed by atoms with E-state index in [0.717, 1.165) is 5.39 Å². The molecule has 30 heavy (non-hydrogen) atoms. The first-order valence-electron chi connectivity index (χ1n) is 9.48. The highest BCUT2D eigenvalue weighted by atomic mass is 16.6. The number of ether oxygens (including phenoxy) is 3. The number of rotatable bonds is 9. The SMILES string of the molecule is CCOC(=O)COc1ccc(/C=N/NC(=O)c2cc3ccccc3o2)cc1OCC. The zero-order valence-corrected chi connectivity index (χ0v) is 16.7. The Bertz CT molecular complexity index is 1020. The van der Waals surface area contributed by atoms with Gasteiger partial charge in [-0.15, -0.1) is 0 Å². The number of nitrogens with zero attached hydrogens (tertiary/aromatic N) is 1. The fourth-order valence-corrected chi connectivity index (χ4v) is 2.65. The molecule has 3 aromatic rings. The lowest BCUT2D eigenvalue weighted by molar-refractivity contribution is -0.145. The molecule has 1 aromatic heterocycles. The number of esters is 1. The number of furan rings is 1. The Labute approximate surface area is 173 Å². The molecule has 8 nitrogen and oxygen atoms in total. The number of carbonyl (C=O) groups excluding carboxylic acids is 2. The van der Waals surface area contributed by atoms with Gasteiger partial charge in [0.25, 0.3) is 0 Å². The van der Waals surface area contributed by atoms with E-state index in [2.05, 4.69) is 10.5 Å². The topological polar surface area (TPSA) is 99.4 Å². The molecule has 0 saturated carbocycles. The summed E-state index contributed by atoms with van der Waals surface area (Å²) in [5.41, 5.74) is 3.74. The minimum atomic E-state index is -0.459. The molecule has 0 fully saturated rings. The summed E-state index contributed by atoms with van der Waals surface area (Å²) in [4.78, 5) is 23.7. The van der Waals surface area contributed by atoms with Crippen LogP contribution >= 0.6 is 0 Å². The number of carbonyl (C=O) groups is 2. The summed E-state index contributed by atoms with van der Waals surface area (Å²) in [6, 6.07) is 14.1. The molecule has 0 radical (unpaired) electrons. The van der Waals surface area contributed by atoms with Crippen LogP contribution in [0, 0.1) is 0 Å². The summed E-state index contributed by atoms with van der Waals surface area (Å²) < 4.78 is 21.4. The van der Waals surface area contributed by atoms with Gasteiger partial charge in [-0.2, -0.15) is 5.10 Å². The first-order valence-corrected chi connectivity index (χ1v) is 9.48. The summed E-state index contributed by atoms with van der Waals surface area (Å²) in [5.74, 6) is 0.120. The molecule has 0 aliphatic carbocycles. The minimum absolute atomic E-state index is 0.172. The van der Waals surface area contributed by atoms with Crippen molar-refractivity contribution in [2.45, 2.75) is 13.8 Å². The third-order valence-electron chi connectivity index (χ3n) is 3.95. The Morgan fingerprint density at radius 3 is 2.63 bits per heavy atom. The van der Waals surface area contributed by atoms with Crippen molar-refractivity contribution in [2.75, 3.05) is 19.8 Å². The van der Waals surface area contributed by atoms with E-state index in [1.807, 2.05) is 25.1 Å². The van der Waals surface area contributed by atoms with Gasteiger partial charge >= 0.3 is 11.9 Å². The number of fused-ring (bicyclic) bond motifs is 1. The van der Waals surface area contributed by atoms with Crippen LogP contribution in [0.5, 0.6) is 11.5 Å². The molecule has 0 saturated heterocycles. The van der Waals surface area contributed by atoms with Gasteiger partial charge in [0.1, 0.15) is 5.58 Å². The van der Waals surface area contributed by atoms with Crippen LogP contribution in [-0.2, 0) is 9.53 Å². The van der Waals surface area contributed by atoms with E-state index in [1.54, 1.807) is 37.3 Å². The third kappa shape index (κ3) is 5.38. The summed E-state index contributed by atoms with van der Waals surface area (Å²) in [6.45, 7) is 4.05. The van der Waals surface area contributed by atoms with Crippen molar-refractivity contribution in [2.24, 2.45) is 5.10 Å². The summed E-state index contributed by atoms with van der Waals surface area (Å²) in [5, 5.41) is 4.80. The Hall–Kier alpha value is -3.81. The molecule has 0 unspecified atom stereocenters. The monoisotopic (exact) mass is 410 g/mol. The number of hydrazone groups is 1. The van der Waals surface area contributed by atoms with Crippen molar-refractivity contribution in [3.63, 3.8) is 0 Å². The second-order valence-corrected chi connectivity index (χ2v) is 6.08. The van der Waals surface area contributed by atoms with Crippen molar-refractivity contribution in [1.82, 2.24) is 5.43 Å². The van der Waals surface area contributed by atoms with Gasteiger partial charge in [0, 0.05) is 5.39 Å². The highest BCUT2D eigenvalue weighted by Gasteiger charge is 2.12. The zero-order valence-electron chi connectivity index (χ0n) is 16.7. The van der Waals surface area contributed by atoms with Crippen molar-refractivity contribution in [3.8, 4) is 11.5 Å². The molecule has 2 aromatic carbocycles. The predicted molar refractivity (Wildman–Crippen MR) is 111 cm³/mol. The average Bonchev–Trinajstić information content (AvgIpc) is 3.18.